The van der Waals surface area contributed by atoms with Crippen molar-refractivity contribution in [3.8, 4) is 0 Å². The fourth-order valence-corrected chi connectivity index (χ4v) is 2.82. The molecule has 3 nitrogen and oxygen atoms in total. The van der Waals surface area contributed by atoms with Crippen LogP contribution in [0, 0.1) is 0 Å². The first-order valence-electron chi connectivity index (χ1n) is 3.97. The Kier molecular flexibility index (Phi) is 4.37. The molecule has 0 bridgehead atoms. The first-order valence-corrected chi connectivity index (χ1v) is 5.96. The third kappa shape index (κ3) is 2.70. The fraction of sp³-hybridized carbons (Fsp3) is 0.375. The van der Waals surface area contributed by atoms with Gasteiger partial charge in [-0.25, -0.2) is 0 Å². The van der Waals surface area contributed by atoms with Crippen LogP contribution in [-0.4, -0.2) is 17.6 Å². The van der Waals surface area contributed by atoms with Crippen LogP contribution in [-0.2, 0) is 4.79 Å². The number of carbonyl (C=O) groups is 1. The molecule has 2 N–H and O–H groups in total. The van der Waals surface area contributed by atoms with Gasteiger partial charge in [0.15, 0.2) is 0 Å². The van der Waals surface area contributed by atoms with E-state index in [0.717, 1.165) is 4.47 Å². The van der Waals surface area contributed by atoms with Gasteiger partial charge >= 0.3 is 5.97 Å². The average molecular weight is 299 g/mol. The van der Waals surface area contributed by atoms with Crippen molar-refractivity contribution in [1.29, 1.82) is 0 Å². The zero-order valence-electron chi connectivity index (χ0n) is 7.38. The van der Waals surface area contributed by atoms with E-state index in [1.54, 1.807) is 6.07 Å². The van der Waals surface area contributed by atoms with Gasteiger partial charge in [-0.2, -0.15) is 0 Å². The number of carboxylic acid groups (broad SMARTS) is 1. The molecule has 0 radical (unpaired) electrons. The number of hydrogen-bond acceptors (Lipinski definition) is 3. The maximum absolute atomic E-state index is 10.9. The van der Waals surface area contributed by atoms with Gasteiger partial charge in [0.25, 0.3) is 0 Å². The summed E-state index contributed by atoms with van der Waals surface area (Å²) >= 11 is 10.3. The van der Waals surface area contributed by atoms with Crippen LogP contribution in [0.2, 0.25) is 4.34 Å². The molecule has 1 unspecified atom stereocenters. The minimum absolute atomic E-state index is 0.573. The molecule has 0 aliphatic heterocycles. The van der Waals surface area contributed by atoms with Crippen LogP contribution in [0.5, 0.6) is 0 Å². The van der Waals surface area contributed by atoms with E-state index in [1.807, 2.05) is 6.92 Å². The van der Waals surface area contributed by atoms with Crippen LogP contribution < -0.4 is 5.32 Å². The average Bonchev–Trinajstić information content (AvgIpc) is 2.42. The van der Waals surface area contributed by atoms with Crippen molar-refractivity contribution in [3.05, 3.63) is 19.8 Å². The second-order valence-corrected chi connectivity index (χ2v) is 5.14. The van der Waals surface area contributed by atoms with Gasteiger partial charge in [-0.05, 0) is 28.5 Å². The predicted octanol–water partition coefficient (Wildman–Crippen LogP) is 2.90. The van der Waals surface area contributed by atoms with Gasteiger partial charge in [0.2, 0.25) is 0 Å². The van der Waals surface area contributed by atoms with Crippen molar-refractivity contribution < 1.29 is 9.90 Å². The highest BCUT2D eigenvalue weighted by molar-refractivity contribution is 9.10. The summed E-state index contributed by atoms with van der Waals surface area (Å²) in [5.41, 5.74) is 0. The Balaban J connectivity index is 2.93. The first-order chi connectivity index (χ1) is 6.56. The molecule has 1 heterocycles. The van der Waals surface area contributed by atoms with Crippen LogP contribution in [0.25, 0.3) is 0 Å². The zero-order chi connectivity index (χ0) is 10.7. The van der Waals surface area contributed by atoms with E-state index in [9.17, 15) is 4.79 Å². The molecular weight excluding hydrogens is 290 g/mol. The van der Waals surface area contributed by atoms with Crippen molar-refractivity contribution in [2.45, 2.75) is 13.0 Å². The van der Waals surface area contributed by atoms with Crippen molar-refractivity contribution >= 4 is 44.8 Å². The molecule has 14 heavy (non-hydrogen) atoms. The lowest BCUT2D eigenvalue weighted by atomic mass is 10.2. The molecule has 0 saturated heterocycles. The van der Waals surface area contributed by atoms with Crippen LogP contribution >= 0.6 is 38.9 Å². The highest BCUT2D eigenvalue weighted by atomic mass is 79.9. The Morgan fingerprint density at radius 2 is 2.50 bits per heavy atom. The zero-order valence-corrected chi connectivity index (χ0v) is 10.5. The molecule has 0 saturated carbocycles. The molecular formula is C8H9BrClNO2S. The van der Waals surface area contributed by atoms with E-state index in [2.05, 4.69) is 21.2 Å². The minimum Gasteiger partial charge on any atom is -0.480 e. The number of hydrogen-bond donors (Lipinski definition) is 2. The van der Waals surface area contributed by atoms with E-state index >= 15 is 0 Å². The second-order valence-electron chi connectivity index (χ2n) is 2.60. The highest BCUT2D eigenvalue weighted by Crippen LogP contribution is 2.35. The summed E-state index contributed by atoms with van der Waals surface area (Å²) in [6.45, 7) is 2.46. The monoisotopic (exact) mass is 297 g/mol. The summed E-state index contributed by atoms with van der Waals surface area (Å²) < 4.78 is 1.31. The molecule has 1 atom stereocenters. The molecule has 1 rings (SSSR count). The van der Waals surface area contributed by atoms with Gasteiger partial charge in [-0.1, -0.05) is 18.5 Å². The van der Waals surface area contributed by atoms with Crippen LogP contribution in [0.1, 0.15) is 17.8 Å². The van der Waals surface area contributed by atoms with E-state index in [1.165, 1.54) is 11.3 Å². The third-order valence-electron chi connectivity index (χ3n) is 1.60. The van der Waals surface area contributed by atoms with Gasteiger partial charge in [0.05, 0.1) is 0 Å². The Hall–Kier alpha value is -0.100. The topological polar surface area (TPSA) is 49.3 Å². The molecule has 0 fully saturated rings. The molecule has 0 aromatic carbocycles. The lowest BCUT2D eigenvalue weighted by Crippen LogP contribution is -2.27. The number of rotatable bonds is 4. The number of halogens is 2. The number of thiophene rings is 1. The molecule has 0 aliphatic carbocycles. The molecule has 0 amide bonds. The largest absolute Gasteiger partial charge is 0.480 e. The van der Waals surface area contributed by atoms with Crippen LogP contribution in [0.3, 0.4) is 0 Å². The van der Waals surface area contributed by atoms with Gasteiger partial charge < -0.3 is 10.4 Å². The number of carboxylic acids is 1. The van der Waals surface area contributed by atoms with Gasteiger partial charge in [0.1, 0.15) is 10.4 Å². The van der Waals surface area contributed by atoms with E-state index < -0.39 is 12.0 Å². The highest BCUT2D eigenvalue weighted by Gasteiger charge is 2.21. The maximum atomic E-state index is 10.9. The van der Waals surface area contributed by atoms with Crippen molar-refractivity contribution in [3.63, 3.8) is 0 Å². The smallest absolute Gasteiger partial charge is 0.326 e. The lowest BCUT2D eigenvalue weighted by Gasteiger charge is -2.09. The Morgan fingerprint density at radius 3 is 2.86 bits per heavy atom. The molecule has 0 aliphatic rings. The summed E-state index contributed by atoms with van der Waals surface area (Å²) in [6.07, 6.45) is 0. The van der Waals surface area contributed by atoms with Crippen LogP contribution in [0.15, 0.2) is 10.5 Å². The van der Waals surface area contributed by atoms with Crippen molar-refractivity contribution in [2.75, 3.05) is 6.54 Å². The van der Waals surface area contributed by atoms with Gasteiger partial charge in [0, 0.05) is 9.35 Å². The van der Waals surface area contributed by atoms with Crippen molar-refractivity contribution in [2.24, 2.45) is 0 Å². The van der Waals surface area contributed by atoms with Gasteiger partial charge in [-0.15, -0.1) is 11.3 Å². The minimum atomic E-state index is -0.891. The molecule has 78 valence electrons. The quantitative estimate of drug-likeness (QED) is 0.898. The Labute approximate surface area is 99.2 Å². The SMILES string of the molecule is CCNC(C(=O)O)c1cc(Br)c(Cl)s1. The molecule has 1 aromatic heterocycles. The van der Waals surface area contributed by atoms with Gasteiger partial charge in [-0.3, -0.25) is 4.79 Å². The second kappa shape index (κ2) is 5.11. The summed E-state index contributed by atoms with van der Waals surface area (Å²) in [5, 5.41) is 11.8. The number of nitrogens with one attached hydrogen (secondary N) is 1. The normalized spacial score (nSPS) is 12.8. The third-order valence-corrected chi connectivity index (χ3v) is 4.14. The summed E-state index contributed by atoms with van der Waals surface area (Å²) in [6, 6.07) is 1.06. The molecule has 1 aromatic rings. The fourth-order valence-electron chi connectivity index (χ4n) is 1.02. The maximum Gasteiger partial charge on any atom is 0.326 e. The first kappa shape index (κ1) is 12.0. The number of aliphatic carboxylic acids is 1. The van der Waals surface area contributed by atoms with E-state index in [0.29, 0.717) is 15.8 Å². The van der Waals surface area contributed by atoms with E-state index in [-0.39, 0.29) is 0 Å². The summed E-state index contributed by atoms with van der Waals surface area (Å²) in [4.78, 5) is 11.6. The predicted molar refractivity (Wildman–Crippen MR) is 61.1 cm³/mol. The summed E-state index contributed by atoms with van der Waals surface area (Å²) in [7, 11) is 0. The van der Waals surface area contributed by atoms with Crippen molar-refractivity contribution in [1.82, 2.24) is 5.32 Å². The van der Waals surface area contributed by atoms with E-state index in [4.69, 9.17) is 16.7 Å². The Morgan fingerprint density at radius 1 is 1.86 bits per heavy atom. The molecule has 6 heteroatoms. The number of likely N-dealkylation sites (N-methyl/N-ethyl adjacent to an activating group) is 1. The lowest BCUT2D eigenvalue weighted by molar-refractivity contribution is -0.139. The Bertz CT molecular complexity index is 323. The standard InChI is InChI=1S/C8H9BrClNO2S/c1-2-11-6(8(12)13)5-3-4(9)7(10)14-5/h3,6,11H,2H2,1H3,(H,12,13). The molecule has 0 spiro atoms. The summed E-state index contributed by atoms with van der Waals surface area (Å²) in [5.74, 6) is -0.891. The van der Waals surface area contributed by atoms with Crippen LogP contribution in [0.4, 0.5) is 0 Å².